The van der Waals surface area contributed by atoms with Crippen LogP contribution in [-0.2, 0) is 6.54 Å². The Kier molecular flexibility index (Phi) is 5.41. The first kappa shape index (κ1) is 15.3. The lowest BCUT2D eigenvalue weighted by molar-refractivity contribution is 0.175. The van der Waals surface area contributed by atoms with Crippen LogP contribution in [0.4, 0.5) is 0 Å². The van der Waals surface area contributed by atoms with E-state index in [1.807, 2.05) is 12.1 Å². The molecule has 1 aromatic rings. The van der Waals surface area contributed by atoms with Crippen molar-refractivity contribution < 1.29 is 4.74 Å². The standard InChI is InChI=1S/C17H28N2O/c1-17(2,3)18-13-14-9-8-12-16(19-14)20-15-10-6-4-5-7-11-15/h8-9,12,15,18H,4-7,10-11,13H2,1-3H3. The number of nitrogens with one attached hydrogen (secondary N) is 1. The van der Waals surface area contributed by atoms with Crippen molar-refractivity contribution in [3.63, 3.8) is 0 Å². The minimum absolute atomic E-state index is 0.111. The Labute approximate surface area is 123 Å². The van der Waals surface area contributed by atoms with Crippen LogP contribution >= 0.6 is 0 Å². The summed E-state index contributed by atoms with van der Waals surface area (Å²) in [6.45, 7) is 7.28. The van der Waals surface area contributed by atoms with E-state index in [9.17, 15) is 0 Å². The van der Waals surface area contributed by atoms with Gasteiger partial charge in [-0.15, -0.1) is 0 Å². The van der Waals surface area contributed by atoms with Crippen LogP contribution in [0.3, 0.4) is 0 Å². The highest BCUT2D eigenvalue weighted by Crippen LogP contribution is 2.21. The van der Waals surface area contributed by atoms with Crippen LogP contribution in [0, 0.1) is 0 Å². The van der Waals surface area contributed by atoms with E-state index < -0.39 is 0 Å². The molecule has 1 fully saturated rings. The van der Waals surface area contributed by atoms with Gasteiger partial charge in [-0.1, -0.05) is 18.9 Å². The zero-order valence-electron chi connectivity index (χ0n) is 13.1. The van der Waals surface area contributed by atoms with Crippen LogP contribution in [0.15, 0.2) is 18.2 Å². The minimum atomic E-state index is 0.111. The average molecular weight is 276 g/mol. The quantitative estimate of drug-likeness (QED) is 0.842. The summed E-state index contributed by atoms with van der Waals surface area (Å²) in [5, 5.41) is 3.46. The monoisotopic (exact) mass is 276 g/mol. The fourth-order valence-electron chi connectivity index (χ4n) is 2.51. The normalized spacial score (nSPS) is 17.8. The highest BCUT2D eigenvalue weighted by molar-refractivity contribution is 5.16. The summed E-state index contributed by atoms with van der Waals surface area (Å²) in [5.74, 6) is 0.783. The lowest BCUT2D eigenvalue weighted by atomic mass is 10.1. The van der Waals surface area contributed by atoms with E-state index >= 15 is 0 Å². The Morgan fingerprint density at radius 1 is 1.15 bits per heavy atom. The zero-order chi connectivity index (χ0) is 14.4. The summed E-state index contributed by atoms with van der Waals surface area (Å²) in [7, 11) is 0. The van der Waals surface area contributed by atoms with Gasteiger partial charge in [0.15, 0.2) is 0 Å². The second-order valence-corrected chi connectivity index (χ2v) is 6.80. The molecule has 1 saturated carbocycles. The Balaban J connectivity index is 1.91. The number of hydrogen-bond donors (Lipinski definition) is 1. The maximum Gasteiger partial charge on any atom is 0.213 e. The Morgan fingerprint density at radius 3 is 2.50 bits per heavy atom. The topological polar surface area (TPSA) is 34.1 Å². The zero-order valence-corrected chi connectivity index (χ0v) is 13.1. The summed E-state index contributed by atoms with van der Waals surface area (Å²) in [4.78, 5) is 4.62. The van der Waals surface area contributed by atoms with Crippen LogP contribution in [-0.4, -0.2) is 16.6 Å². The molecule has 0 unspecified atom stereocenters. The Hall–Kier alpha value is -1.09. The molecule has 3 heteroatoms. The molecule has 1 aliphatic carbocycles. The van der Waals surface area contributed by atoms with Gasteiger partial charge in [-0.3, -0.25) is 0 Å². The maximum absolute atomic E-state index is 6.07. The predicted octanol–water partition coefficient (Wildman–Crippen LogP) is 4.07. The summed E-state index contributed by atoms with van der Waals surface area (Å²) in [6, 6.07) is 6.07. The molecular formula is C17H28N2O. The fourth-order valence-corrected chi connectivity index (χ4v) is 2.51. The molecule has 1 aromatic heterocycles. The van der Waals surface area contributed by atoms with E-state index in [2.05, 4.69) is 37.1 Å². The molecule has 3 nitrogen and oxygen atoms in total. The van der Waals surface area contributed by atoms with Gasteiger partial charge in [0.2, 0.25) is 5.88 Å². The summed E-state index contributed by atoms with van der Waals surface area (Å²) < 4.78 is 6.07. The number of pyridine rings is 1. The van der Waals surface area contributed by atoms with Crippen molar-refractivity contribution in [1.29, 1.82) is 0 Å². The average Bonchev–Trinajstić information content (AvgIpc) is 2.65. The van der Waals surface area contributed by atoms with E-state index in [0.29, 0.717) is 6.10 Å². The highest BCUT2D eigenvalue weighted by Gasteiger charge is 2.14. The maximum atomic E-state index is 6.07. The second-order valence-electron chi connectivity index (χ2n) is 6.80. The smallest absolute Gasteiger partial charge is 0.213 e. The molecule has 1 N–H and O–H groups in total. The van der Waals surface area contributed by atoms with Crippen LogP contribution in [0.2, 0.25) is 0 Å². The first-order valence-electron chi connectivity index (χ1n) is 7.90. The molecule has 112 valence electrons. The van der Waals surface area contributed by atoms with Crippen molar-refractivity contribution in [2.75, 3.05) is 0 Å². The third kappa shape index (κ3) is 5.49. The van der Waals surface area contributed by atoms with Crippen LogP contribution in [0.5, 0.6) is 5.88 Å². The minimum Gasteiger partial charge on any atom is -0.474 e. The molecule has 0 aromatic carbocycles. The van der Waals surface area contributed by atoms with Gasteiger partial charge in [-0.25, -0.2) is 4.98 Å². The van der Waals surface area contributed by atoms with Gasteiger partial charge in [-0.05, 0) is 52.5 Å². The summed E-state index contributed by atoms with van der Waals surface area (Å²) in [6.07, 6.45) is 7.98. The van der Waals surface area contributed by atoms with Crippen molar-refractivity contribution in [2.24, 2.45) is 0 Å². The first-order valence-corrected chi connectivity index (χ1v) is 7.90. The lowest BCUT2D eigenvalue weighted by Crippen LogP contribution is -2.35. The van der Waals surface area contributed by atoms with Gasteiger partial charge in [-0.2, -0.15) is 0 Å². The van der Waals surface area contributed by atoms with Crippen LogP contribution in [0.25, 0.3) is 0 Å². The summed E-state index contributed by atoms with van der Waals surface area (Å²) in [5.41, 5.74) is 1.16. The third-order valence-corrected chi connectivity index (χ3v) is 3.67. The molecule has 1 heterocycles. The lowest BCUT2D eigenvalue weighted by Gasteiger charge is -2.21. The van der Waals surface area contributed by atoms with E-state index in [-0.39, 0.29) is 5.54 Å². The van der Waals surface area contributed by atoms with E-state index in [4.69, 9.17) is 4.74 Å². The first-order chi connectivity index (χ1) is 9.53. The SMILES string of the molecule is CC(C)(C)NCc1cccc(OC2CCCCCC2)n1. The molecule has 0 radical (unpaired) electrons. The molecule has 0 spiro atoms. The Bertz CT molecular complexity index is 404. The number of ether oxygens (including phenoxy) is 1. The van der Waals surface area contributed by atoms with Gasteiger partial charge in [0.05, 0.1) is 5.69 Å². The van der Waals surface area contributed by atoms with Gasteiger partial charge < -0.3 is 10.1 Å². The second kappa shape index (κ2) is 7.07. The van der Waals surface area contributed by atoms with Crippen molar-refractivity contribution in [3.8, 4) is 5.88 Å². The van der Waals surface area contributed by atoms with Crippen LogP contribution in [0.1, 0.15) is 65.0 Å². The summed E-state index contributed by atoms with van der Waals surface area (Å²) >= 11 is 0. The largest absolute Gasteiger partial charge is 0.474 e. The molecule has 0 atom stereocenters. The third-order valence-electron chi connectivity index (χ3n) is 3.67. The van der Waals surface area contributed by atoms with Crippen molar-refractivity contribution in [2.45, 2.75) is 77.5 Å². The molecule has 0 amide bonds. The number of aromatic nitrogens is 1. The molecule has 1 aliphatic rings. The van der Waals surface area contributed by atoms with Gasteiger partial charge in [0, 0.05) is 18.2 Å². The number of nitrogens with zero attached hydrogens (tertiary/aromatic N) is 1. The van der Waals surface area contributed by atoms with Crippen molar-refractivity contribution >= 4 is 0 Å². The van der Waals surface area contributed by atoms with E-state index in [1.165, 1.54) is 38.5 Å². The number of hydrogen-bond acceptors (Lipinski definition) is 3. The van der Waals surface area contributed by atoms with Crippen molar-refractivity contribution in [3.05, 3.63) is 23.9 Å². The molecule has 0 aliphatic heterocycles. The number of rotatable bonds is 4. The predicted molar refractivity (Wildman–Crippen MR) is 82.9 cm³/mol. The van der Waals surface area contributed by atoms with Gasteiger partial charge in [0.1, 0.15) is 6.10 Å². The van der Waals surface area contributed by atoms with E-state index in [1.54, 1.807) is 0 Å². The molecule has 2 rings (SSSR count). The van der Waals surface area contributed by atoms with Crippen LogP contribution < -0.4 is 10.1 Å². The van der Waals surface area contributed by atoms with Gasteiger partial charge >= 0.3 is 0 Å². The molecule has 0 bridgehead atoms. The van der Waals surface area contributed by atoms with Gasteiger partial charge in [0.25, 0.3) is 0 Å². The van der Waals surface area contributed by atoms with Crippen molar-refractivity contribution in [1.82, 2.24) is 10.3 Å². The molecule has 0 saturated heterocycles. The fraction of sp³-hybridized carbons (Fsp3) is 0.706. The Morgan fingerprint density at radius 2 is 1.85 bits per heavy atom. The highest BCUT2D eigenvalue weighted by atomic mass is 16.5. The van der Waals surface area contributed by atoms with E-state index in [0.717, 1.165) is 18.1 Å². The molecule has 20 heavy (non-hydrogen) atoms. The molecular weight excluding hydrogens is 248 g/mol.